The van der Waals surface area contributed by atoms with Crippen molar-refractivity contribution in [1.82, 2.24) is 14.9 Å². The molecule has 2 unspecified atom stereocenters. The van der Waals surface area contributed by atoms with E-state index in [2.05, 4.69) is 17.2 Å². The molecule has 0 radical (unpaired) electrons. The number of hydrogen-bond acceptors (Lipinski definition) is 3. The highest BCUT2D eigenvalue weighted by atomic mass is 16.4. The highest BCUT2D eigenvalue weighted by Crippen LogP contribution is 2.16. The third-order valence-corrected chi connectivity index (χ3v) is 3.55. The Labute approximate surface area is 124 Å². The quantitative estimate of drug-likeness (QED) is 0.819. The van der Waals surface area contributed by atoms with Gasteiger partial charge in [-0.2, -0.15) is 0 Å². The predicted molar refractivity (Wildman–Crippen MR) is 81.0 cm³/mol. The summed E-state index contributed by atoms with van der Waals surface area (Å²) in [6.07, 6.45) is 5.52. The van der Waals surface area contributed by atoms with E-state index in [9.17, 15) is 4.79 Å². The van der Waals surface area contributed by atoms with Crippen molar-refractivity contribution in [2.75, 3.05) is 0 Å². The molecule has 0 aliphatic heterocycles. The van der Waals surface area contributed by atoms with Gasteiger partial charge in [0, 0.05) is 31.5 Å². The largest absolute Gasteiger partial charge is 0.481 e. The second kappa shape index (κ2) is 7.04. The highest BCUT2D eigenvalue weighted by Gasteiger charge is 2.13. The standard InChI is InChI=1S/C16H21N3O2/c1-12(10-19-8-7-17-11-19)18-9-14-3-5-15(6-4-14)13(2)16(20)21/h3-8,11-13,18H,9-10H2,1-2H3,(H,20,21). The van der Waals surface area contributed by atoms with Gasteiger partial charge in [-0.05, 0) is 25.0 Å². The van der Waals surface area contributed by atoms with Crippen LogP contribution in [0.1, 0.15) is 30.9 Å². The van der Waals surface area contributed by atoms with E-state index in [0.717, 1.165) is 24.2 Å². The van der Waals surface area contributed by atoms with Crippen LogP contribution in [-0.4, -0.2) is 26.7 Å². The third-order valence-electron chi connectivity index (χ3n) is 3.55. The second-order valence-corrected chi connectivity index (χ2v) is 5.34. The molecule has 21 heavy (non-hydrogen) atoms. The van der Waals surface area contributed by atoms with Gasteiger partial charge in [-0.15, -0.1) is 0 Å². The lowest BCUT2D eigenvalue weighted by molar-refractivity contribution is -0.138. The Hall–Kier alpha value is -2.14. The Balaban J connectivity index is 1.84. The molecule has 0 fully saturated rings. The van der Waals surface area contributed by atoms with Crippen LogP contribution in [0.4, 0.5) is 0 Å². The number of carboxylic acid groups (broad SMARTS) is 1. The Morgan fingerprint density at radius 1 is 1.33 bits per heavy atom. The van der Waals surface area contributed by atoms with Gasteiger partial charge in [0.05, 0.1) is 12.2 Å². The molecule has 112 valence electrons. The maximum Gasteiger partial charge on any atom is 0.310 e. The molecule has 0 saturated heterocycles. The number of rotatable bonds is 7. The van der Waals surface area contributed by atoms with Crippen molar-refractivity contribution in [3.8, 4) is 0 Å². The van der Waals surface area contributed by atoms with Crippen LogP contribution < -0.4 is 5.32 Å². The third kappa shape index (κ3) is 4.43. The number of imidazole rings is 1. The van der Waals surface area contributed by atoms with Gasteiger partial charge in [-0.25, -0.2) is 4.98 Å². The van der Waals surface area contributed by atoms with Crippen LogP contribution >= 0.6 is 0 Å². The summed E-state index contributed by atoms with van der Waals surface area (Å²) < 4.78 is 2.04. The summed E-state index contributed by atoms with van der Waals surface area (Å²) in [6, 6.07) is 8.06. The monoisotopic (exact) mass is 287 g/mol. The first kappa shape index (κ1) is 15.3. The Morgan fingerprint density at radius 3 is 2.62 bits per heavy atom. The summed E-state index contributed by atoms with van der Waals surface area (Å²) in [6.45, 7) is 5.45. The molecule has 5 nitrogen and oxygen atoms in total. The van der Waals surface area contributed by atoms with E-state index < -0.39 is 11.9 Å². The van der Waals surface area contributed by atoms with Crippen molar-refractivity contribution < 1.29 is 9.90 Å². The van der Waals surface area contributed by atoms with Crippen molar-refractivity contribution in [2.24, 2.45) is 0 Å². The molecule has 2 aromatic rings. The van der Waals surface area contributed by atoms with Gasteiger partial charge in [0.25, 0.3) is 0 Å². The molecule has 1 aromatic carbocycles. The molecular weight excluding hydrogens is 266 g/mol. The zero-order valence-corrected chi connectivity index (χ0v) is 12.4. The second-order valence-electron chi connectivity index (χ2n) is 5.34. The average Bonchev–Trinajstić information content (AvgIpc) is 2.97. The predicted octanol–water partition coefficient (Wildman–Crippen LogP) is 2.25. The van der Waals surface area contributed by atoms with Gasteiger partial charge in [-0.1, -0.05) is 24.3 Å². The number of benzene rings is 1. The molecule has 0 amide bonds. The van der Waals surface area contributed by atoms with Crippen molar-refractivity contribution in [3.05, 3.63) is 54.1 Å². The first-order chi connectivity index (χ1) is 10.1. The summed E-state index contributed by atoms with van der Waals surface area (Å²) in [4.78, 5) is 15.0. The number of carboxylic acids is 1. The molecule has 0 aliphatic carbocycles. The zero-order chi connectivity index (χ0) is 15.2. The molecule has 0 saturated carbocycles. The van der Waals surface area contributed by atoms with E-state index in [1.54, 1.807) is 19.4 Å². The SMILES string of the molecule is CC(Cn1ccnc1)NCc1ccc(C(C)C(=O)O)cc1. The number of aliphatic carboxylic acids is 1. The van der Waals surface area contributed by atoms with Gasteiger partial charge >= 0.3 is 5.97 Å². The number of hydrogen-bond donors (Lipinski definition) is 2. The van der Waals surface area contributed by atoms with E-state index in [1.165, 1.54) is 0 Å². The molecular formula is C16H21N3O2. The Kier molecular flexibility index (Phi) is 5.11. The molecule has 0 spiro atoms. The summed E-state index contributed by atoms with van der Waals surface area (Å²) in [5.41, 5.74) is 1.98. The lowest BCUT2D eigenvalue weighted by atomic mass is 10.00. The van der Waals surface area contributed by atoms with Crippen molar-refractivity contribution in [2.45, 2.75) is 38.9 Å². The summed E-state index contributed by atoms with van der Waals surface area (Å²) in [5, 5.41) is 12.4. The van der Waals surface area contributed by atoms with Crippen LogP contribution in [0.5, 0.6) is 0 Å². The summed E-state index contributed by atoms with van der Waals surface area (Å²) in [5.74, 6) is -1.26. The molecule has 5 heteroatoms. The van der Waals surface area contributed by atoms with Gasteiger partial charge < -0.3 is 15.0 Å². The van der Waals surface area contributed by atoms with Gasteiger partial charge in [0.1, 0.15) is 0 Å². The van der Waals surface area contributed by atoms with E-state index in [-0.39, 0.29) is 0 Å². The fourth-order valence-corrected chi connectivity index (χ4v) is 2.13. The van der Waals surface area contributed by atoms with E-state index in [0.29, 0.717) is 6.04 Å². The smallest absolute Gasteiger partial charge is 0.310 e. The number of carbonyl (C=O) groups is 1. The minimum atomic E-state index is -0.796. The van der Waals surface area contributed by atoms with Crippen LogP contribution in [-0.2, 0) is 17.9 Å². The van der Waals surface area contributed by atoms with Crippen LogP contribution in [0.15, 0.2) is 43.0 Å². The zero-order valence-electron chi connectivity index (χ0n) is 12.4. The maximum absolute atomic E-state index is 10.9. The number of nitrogens with one attached hydrogen (secondary N) is 1. The van der Waals surface area contributed by atoms with Crippen molar-refractivity contribution in [1.29, 1.82) is 0 Å². The molecule has 1 aromatic heterocycles. The molecule has 1 heterocycles. The molecule has 2 atom stereocenters. The molecule has 2 rings (SSSR count). The van der Waals surface area contributed by atoms with Crippen LogP contribution in [0.2, 0.25) is 0 Å². The van der Waals surface area contributed by atoms with Crippen molar-refractivity contribution >= 4 is 5.97 Å². The first-order valence-corrected chi connectivity index (χ1v) is 7.07. The summed E-state index contributed by atoms with van der Waals surface area (Å²) >= 11 is 0. The maximum atomic E-state index is 10.9. The van der Waals surface area contributed by atoms with E-state index >= 15 is 0 Å². The summed E-state index contributed by atoms with van der Waals surface area (Å²) in [7, 11) is 0. The van der Waals surface area contributed by atoms with Crippen molar-refractivity contribution in [3.63, 3.8) is 0 Å². The Morgan fingerprint density at radius 2 is 2.05 bits per heavy atom. The fourth-order valence-electron chi connectivity index (χ4n) is 2.13. The lowest BCUT2D eigenvalue weighted by Crippen LogP contribution is -2.29. The fraction of sp³-hybridized carbons (Fsp3) is 0.375. The molecule has 0 bridgehead atoms. The van der Waals surface area contributed by atoms with Crippen LogP contribution in [0, 0.1) is 0 Å². The minimum Gasteiger partial charge on any atom is -0.481 e. The lowest BCUT2D eigenvalue weighted by Gasteiger charge is -2.15. The minimum absolute atomic E-state index is 0.330. The average molecular weight is 287 g/mol. The molecule has 0 aliphatic rings. The van der Waals surface area contributed by atoms with Gasteiger partial charge in [-0.3, -0.25) is 4.79 Å². The van der Waals surface area contributed by atoms with Crippen LogP contribution in [0.25, 0.3) is 0 Å². The topological polar surface area (TPSA) is 67.2 Å². The van der Waals surface area contributed by atoms with Gasteiger partial charge in [0.15, 0.2) is 0 Å². The normalized spacial score (nSPS) is 13.8. The van der Waals surface area contributed by atoms with Gasteiger partial charge in [0.2, 0.25) is 0 Å². The van der Waals surface area contributed by atoms with E-state index in [4.69, 9.17) is 5.11 Å². The first-order valence-electron chi connectivity index (χ1n) is 7.07. The van der Waals surface area contributed by atoms with Crippen LogP contribution in [0.3, 0.4) is 0 Å². The molecule has 2 N–H and O–H groups in total. The van der Waals surface area contributed by atoms with E-state index in [1.807, 2.05) is 35.0 Å². The number of nitrogens with zero attached hydrogens (tertiary/aromatic N) is 2. The Bertz CT molecular complexity index is 564. The highest BCUT2D eigenvalue weighted by molar-refractivity contribution is 5.75. The number of aromatic nitrogens is 2.